The smallest absolute Gasteiger partial charge is 0.306 e. The van der Waals surface area contributed by atoms with Gasteiger partial charge in [-0.2, -0.15) is 5.10 Å². The van der Waals surface area contributed by atoms with Gasteiger partial charge in [-0.15, -0.1) is 0 Å². The fourth-order valence-corrected chi connectivity index (χ4v) is 3.38. The number of nitrogens with zero attached hydrogens (tertiary/aromatic N) is 3. The first kappa shape index (κ1) is 19.6. The number of hydrogen-bond acceptors (Lipinski definition) is 5. The summed E-state index contributed by atoms with van der Waals surface area (Å²) < 4.78 is 12.5. The molecule has 0 spiro atoms. The van der Waals surface area contributed by atoms with Crippen LogP contribution >= 0.6 is 0 Å². The van der Waals surface area contributed by atoms with Crippen molar-refractivity contribution < 1.29 is 14.1 Å². The maximum Gasteiger partial charge on any atom is 0.306 e. The van der Waals surface area contributed by atoms with Gasteiger partial charge in [0.1, 0.15) is 12.4 Å². The van der Waals surface area contributed by atoms with Crippen molar-refractivity contribution in [2.75, 3.05) is 0 Å². The third-order valence-electron chi connectivity index (χ3n) is 5.01. The van der Waals surface area contributed by atoms with Crippen LogP contribution < -0.4 is 0 Å². The zero-order valence-electron chi connectivity index (χ0n) is 17.0. The van der Waals surface area contributed by atoms with Gasteiger partial charge in [0.25, 0.3) is 0 Å². The van der Waals surface area contributed by atoms with Crippen LogP contribution in [-0.4, -0.2) is 20.9 Å². The molecule has 6 nitrogen and oxygen atoms in total. The van der Waals surface area contributed by atoms with E-state index in [1.807, 2.05) is 85.4 Å². The molecule has 30 heavy (non-hydrogen) atoms. The molecular weight excluding hydrogens is 378 g/mol. The minimum absolute atomic E-state index is 0.164. The Morgan fingerprint density at radius 1 is 1.03 bits per heavy atom. The Balaban J connectivity index is 1.50. The van der Waals surface area contributed by atoms with Crippen LogP contribution in [0.3, 0.4) is 0 Å². The first-order chi connectivity index (χ1) is 14.6. The maximum atomic E-state index is 12.4. The molecule has 0 bridgehead atoms. The maximum absolute atomic E-state index is 12.4. The summed E-state index contributed by atoms with van der Waals surface area (Å²) in [6.07, 6.45) is 2.74. The van der Waals surface area contributed by atoms with E-state index in [2.05, 4.69) is 5.16 Å². The van der Waals surface area contributed by atoms with E-state index in [9.17, 15) is 4.79 Å². The van der Waals surface area contributed by atoms with Gasteiger partial charge in [-0.3, -0.25) is 4.79 Å². The van der Waals surface area contributed by atoms with E-state index in [4.69, 9.17) is 14.4 Å². The van der Waals surface area contributed by atoms with E-state index in [0.29, 0.717) is 6.42 Å². The first-order valence-electron chi connectivity index (χ1n) is 9.88. The number of para-hydroxylation sites is 1. The summed E-state index contributed by atoms with van der Waals surface area (Å²) in [5.74, 6) is 0.484. The highest BCUT2D eigenvalue weighted by Crippen LogP contribution is 2.24. The van der Waals surface area contributed by atoms with Crippen LogP contribution in [0.25, 0.3) is 16.9 Å². The fraction of sp³-hybridized carbons (Fsp3) is 0.208. The van der Waals surface area contributed by atoms with Gasteiger partial charge in [0.2, 0.25) is 0 Å². The highest BCUT2D eigenvalue weighted by Gasteiger charge is 2.16. The van der Waals surface area contributed by atoms with E-state index in [0.717, 1.165) is 39.5 Å². The lowest BCUT2D eigenvalue weighted by Gasteiger charge is -2.05. The van der Waals surface area contributed by atoms with Crippen LogP contribution in [0.1, 0.15) is 29.0 Å². The molecule has 4 aromatic rings. The number of rotatable bonds is 7. The second-order valence-electron chi connectivity index (χ2n) is 7.11. The summed E-state index contributed by atoms with van der Waals surface area (Å²) in [6, 6.07) is 19.8. The molecule has 0 aliphatic heterocycles. The summed E-state index contributed by atoms with van der Waals surface area (Å²) in [5.41, 5.74) is 5.37. The lowest BCUT2D eigenvalue weighted by molar-refractivity contribution is -0.144. The predicted octanol–water partition coefficient (Wildman–Crippen LogP) is 4.82. The van der Waals surface area contributed by atoms with E-state index in [1.54, 1.807) is 0 Å². The lowest BCUT2D eigenvalue weighted by atomic mass is 10.1. The molecule has 0 unspecified atom stereocenters. The molecule has 0 aliphatic rings. The molecule has 0 atom stereocenters. The molecule has 0 saturated heterocycles. The van der Waals surface area contributed by atoms with Crippen LogP contribution in [0.2, 0.25) is 0 Å². The largest absolute Gasteiger partial charge is 0.461 e. The van der Waals surface area contributed by atoms with Crippen molar-refractivity contribution in [2.45, 2.75) is 33.3 Å². The quantitative estimate of drug-likeness (QED) is 0.415. The number of aromatic nitrogens is 3. The molecule has 0 aliphatic carbocycles. The summed E-state index contributed by atoms with van der Waals surface area (Å²) in [7, 11) is 0. The molecule has 4 rings (SSSR count). The number of esters is 1. The van der Waals surface area contributed by atoms with Crippen molar-refractivity contribution in [1.82, 2.24) is 14.9 Å². The fourth-order valence-electron chi connectivity index (χ4n) is 3.38. The molecule has 0 radical (unpaired) electrons. The van der Waals surface area contributed by atoms with Crippen molar-refractivity contribution >= 4 is 5.97 Å². The van der Waals surface area contributed by atoms with E-state index in [1.165, 1.54) is 0 Å². The second-order valence-corrected chi connectivity index (χ2v) is 7.11. The second kappa shape index (κ2) is 8.78. The van der Waals surface area contributed by atoms with Gasteiger partial charge in [-0.25, -0.2) is 4.68 Å². The van der Waals surface area contributed by atoms with Crippen molar-refractivity contribution in [1.29, 1.82) is 0 Å². The number of aryl methyl sites for hydroxylation is 2. The molecule has 2 heterocycles. The summed E-state index contributed by atoms with van der Waals surface area (Å²) in [4.78, 5) is 12.4. The minimum Gasteiger partial charge on any atom is -0.461 e. The Morgan fingerprint density at radius 3 is 2.40 bits per heavy atom. The zero-order valence-corrected chi connectivity index (χ0v) is 17.0. The summed E-state index contributed by atoms with van der Waals surface area (Å²) >= 11 is 0. The first-order valence-corrected chi connectivity index (χ1v) is 9.88. The third kappa shape index (κ3) is 4.33. The molecule has 2 aromatic heterocycles. The normalized spacial score (nSPS) is 10.9. The van der Waals surface area contributed by atoms with Crippen LogP contribution in [0, 0.1) is 13.8 Å². The Kier molecular flexibility index (Phi) is 5.75. The molecule has 152 valence electrons. The van der Waals surface area contributed by atoms with Gasteiger partial charge >= 0.3 is 5.97 Å². The molecule has 0 N–H and O–H groups in total. The molecular formula is C24H23N3O3. The Labute approximate surface area is 175 Å². The van der Waals surface area contributed by atoms with Gasteiger partial charge in [0.15, 0.2) is 0 Å². The predicted molar refractivity (Wildman–Crippen MR) is 113 cm³/mol. The Morgan fingerprint density at radius 2 is 1.73 bits per heavy atom. The highest BCUT2D eigenvalue weighted by atomic mass is 16.5. The average Bonchev–Trinajstić information content (AvgIpc) is 3.35. The Hall–Kier alpha value is -3.67. The molecule has 0 fully saturated rings. The van der Waals surface area contributed by atoms with Gasteiger partial charge in [-0.1, -0.05) is 53.7 Å². The Bertz CT molecular complexity index is 1110. The molecule has 6 heteroatoms. The molecule has 0 amide bonds. The standard InChI is InChI=1S/C24H23N3O3/c1-17-22(18(2)30-26-17)13-14-23(28)29-16-20-15-27(21-11-7-4-8-12-21)25-24(20)19-9-5-3-6-10-19/h3-12,15H,13-14,16H2,1-2H3. The van der Waals surface area contributed by atoms with Crippen molar-refractivity contribution in [3.63, 3.8) is 0 Å². The van der Waals surface area contributed by atoms with Crippen molar-refractivity contribution in [3.8, 4) is 16.9 Å². The molecule has 2 aromatic carbocycles. The zero-order chi connectivity index (χ0) is 20.9. The SMILES string of the molecule is Cc1noc(C)c1CCC(=O)OCc1cn(-c2ccccc2)nc1-c1ccccc1. The van der Waals surface area contributed by atoms with Crippen LogP contribution in [0.4, 0.5) is 0 Å². The molecule has 0 saturated carbocycles. The van der Waals surface area contributed by atoms with Crippen LogP contribution in [-0.2, 0) is 22.6 Å². The number of ether oxygens (including phenoxy) is 1. The van der Waals surface area contributed by atoms with E-state index < -0.39 is 0 Å². The average molecular weight is 401 g/mol. The van der Waals surface area contributed by atoms with Crippen molar-refractivity contribution in [2.24, 2.45) is 0 Å². The van der Waals surface area contributed by atoms with E-state index >= 15 is 0 Å². The third-order valence-corrected chi connectivity index (χ3v) is 5.01. The lowest BCUT2D eigenvalue weighted by Crippen LogP contribution is -2.06. The van der Waals surface area contributed by atoms with E-state index in [-0.39, 0.29) is 19.0 Å². The summed E-state index contributed by atoms with van der Waals surface area (Å²) in [5, 5.41) is 8.67. The number of carbonyl (C=O) groups is 1. The van der Waals surface area contributed by atoms with Gasteiger partial charge in [0, 0.05) is 29.3 Å². The van der Waals surface area contributed by atoms with Gasteiger partial charge < -0.3 is 9.26 Å². The number of hydrogen-bond donors (Lipinski definition) is 0. The van der Waals surface area contributed by atoms with Crippen LogP contribution in [0.5, 0.6) is 0 Å². The van der Waals surface area contributed by atoms with Crippen LogP contribution in [0.15, 0.2) is 71.4 Å². The number of carbonyl (C=O) groups excluding carboxylic acids is 1. The summed E-state index contributed by atoms with van der Waals surface area (Å²) in [6.45, 7) is 3.89. The topological polar surface area (TPSA) is 70.2 Å². The minimum atomic E-state index is -0.263. The van der Waals surface area contributed by atoms with Gasteiger partial charge in [-0.05, 0) is 32.4 Å². The highest BCUT2D eigenvalue weighted by molar-refractivity contribution is 5.70. The monoisotopic (exact) mass is 401 g/mol. The van der Waals surface area contributed by atoms with Gasteiger partial charge in [0.05, 0.1) is 17.1 Å². The number of benzene rings is 2. The van der Waals surface area contributed by atoms with Crippen molar-refractivity contribution in [3.05, 3.63) is 89.4 Å².